The first-order chi connectivity index (χ1) is 16.8. The van der Waals surface area contributed by atoms with Crippen molar-refractivity contribution in [3.8, 4) is 11.1 Å². The van der Waals surface area contributed by atoms with Crippen LogP contribution in [0, 0.1) is 11.8 Å². The summed E-state index contributed by atoms with van der Waals surface area (Å²) in [5, 5.41) is 6.60. The second-order valence-electron chi connectivity index (χ2n) is 11.4. The lowest BCUT2D eigenvalue weighted by molar-refractivity contribution is 0.0965. The smallest absolute Gasteiger partial charge is 0.251 e. The number of nitrogens with two attached hydrogens (primary N) is 1. The Balaban J connectivity index is 1.45. The minimum absolute atomic E-state index is 0.0288. The Morgan fingerprint density at radius 1 is 1.09 bits per heavy atom. The van der Waals surface area contributed by atoms with Crippen LogP contribution < -0.4 is 16.4 Å². The van der Waals surface area contributed by atoms with Crippen molar-refractivity contribution >= 4 is 5.91 Å². The maximum Gasteiger partial charge on any atom is 0.251 e. The van der Waals surface area contributed by atoms with E-state index in [0.717, 1.165) is 36.4 Å². The van der Waals surface area contributed by atoms with Gasteiger partial charge in [-0.2, -0.15) is 0 Å². The van der Waals surface area contributed by atoms with Crippen molar-refractivity contribution in [3.63, 3.8) is 0 Å². The Hall–Kier alpha value is -2.69. The van der Waals surface area contributed by atoms with E-state index < -0.39 is 0 Å². The molecule has 4 nitrogen and oxygen atoms in total. The monoisotopic (exact) mass is 469 g/mol. The quantitative estimate of drug-likeness (QED) is 0.482. The molecule has 4 heteroatoms. The van der Waals surface area contributed by atoms with Crippen LogP contribution in [-0.2, 0) is 25.9 Å². The number of carbonyl (C=O) groups is 1. The maximum atomic E-state index is 12.1. The second kappa shape index (κ2) is 9.75. The van der Waals surface area contributed by atoms with E-state index in [0.29, 0.717) is 19.0 Å². The number of benzene rings is 2. The van der Waals surface area contributed by atoms with Gasteiger partial charge in [0.25, 0.3) is 5.91 Å². The Labute approximate surface area is 210 Å². The van der Waals surface area contributed by atoms with E-state index in [4.69, 9.17) is 5.73 Å². The van der Waals surface area contributed by atoms with Gasteiger partial charge in [-0.1, -0.05) is 36.4 Å². The number of allylic oxidation sites excluding steroid dienone is 4. The molecule has 0 spiro atoms. The van der Waals surface area contributed by atoms with Crippen molar-refractivity contribution in [2.24, 2.45) is 17.6 Å². The Morgan fingerprint density at radius 3 is 2.66 bits per heavy atom. The van der Waals surface area contributed by atoms with E-state index >= 15 is 0 Å². The fraction of sp³-hybridized carbons (Fsp3) is 0.452. The molecule has 0 aromatic heterocycles. The molecule has 1 heterocycles. The van der Waals surface area contributed by atoms with Crippen molar-refractivity contribution in [3.05, 3.63) is 82.0 Å². The lowest BCUT2D eigenvalue weighted by Crippen LogP contribution is -2.37. The second-order valence-corrected chi connectivity index (χ2v) is 11.4. The Bertz CT molecular complexity index is 1180. The number of nitrogens with one attached hydrogen (secondary N) is 2. The molecule has 2 aromatic carbocycles. The van der Waals surface area contributed by atoms with Crippen LogP contribution >= 0.6 is 0 Å². The summed E-state index contributed by atoms with van der Waals surface area (Å²) in [6.45, 7) is 8.69. The van der Waals surface area contributed by atoms with Crippen molar-refractivity contribution in [1.29, 1.82) is 0 Å². The molecule has 2 unspecified atom stereocenters. The Kier molecular flexibility index (Phi) is 6.69. The van der Waals surface area contributed by atoms with Crippen LogP contribution in [0.1, 0.15) is 72.6 Å². The molecule has 0 saturated heterocycles. The molecule has 1 fully saturated rings. The van der Waals surface area contributed by atoms with Crippen LogP contribution in [0.2, 0.25) is 0 Å². The van der Waals surface area contributed by atoms with Gasteiger partial charge >= 0.3 is 0 Å². The third kappa shape index (κ3) is 5.29. The molecular formula is C31H39N3O. The van der Waals surface area contributed by atoms with E-state index in [2.05, 4.69) is 73.9 Å². The van der Waals surface area contributed by atoms with Gasteiger partial charge in [0.2, 0.25) is 0 Å². The third-order valence-corrected chi connectivity index (χ3v) is 7.72. The summed E-state index contributed by atoms with van der Waals surface area (Å²) in [7, 11) is 0. The number of rotatable bonds is 8. The first kappa shape index (κ1) is 24.0. The van der Waals surface area contributed by atoms with Crippen LogP contribution in [0.4, 0.5) is 0 Å². The predicted octanol–water partition coefficient (Wildman–Crippen LogP) is 5.44. The zero-order valence-corrected chi connectivity index (χ0v) is 21.4. The van der Waals surface area contributed by atoms with Gasteiger partial charge < -0.3 is 16.4 Å². The van der Waals surface area contributed by atoms with Gasteiger partial charge in [0, 0.05) is 24.2 Å². The summed E-state index contributed by atoms with van der Waals surface area (Å²) < 4.78 is 0. The zero-order chi connectivity index (χ0) is 24.6. The SMILES string of the molecule is CC(C)(C)NCCc1c(-c2ccc3c(c2)CNC3=O)ccc(CC2CC2C2=CCCC=C2)c1CN. The molecule has 2 aliphatic carbocycles. The van der Waals surface area contributed by atoms with Gasteiger partial charge in [-0.3, -0.25) is 4.79 Å². The first-order valence-corrected chi connectivity index (χ1v) is 13.2. The van der Waals surface area contributed by atoms with E-state index in [1.165, 1.54) is 47.1 Å². The fourth-order valence-electron chi connectivity index (χ4n) is 5.78. The summed E-state index contributed by atoms with van der Waals surface area (Å²) >= 11 is 0. The molecule has 4 N–H and O–H groups in total. The first-order valence-electron chi connectivity index (χ1n) is 13.2. The number of hydrogen-bond acceptors (Lipinski definition) is 3. The molecule has 2 atom stereocenters. The molecule has 1 amide bonds. The third-order valence-electron chi connectivity index (χ3n) is 7.72. The van der Waals surface area contributed by atoms with Gasteiger partial charge in [0.15, 0.2) is 0 Å². The predicted molar refractivity (Wildman–Crippen MR) is 144 cm³/mol. The highest BCUT2D eigenvalue weighted by Gasteiger charge is 2.39. The molecule has 5 rings (SSSR count). The minimum atomic E-state index is 0.0288. The van der Waals surface area contributed by atoms with Crippen LogP contribution in [0.3, 0.4) is 0 Å². The summed E-state index contributed by atoms with van der Waals surface area (Å²) in [4.78, 5) is 12.1. The molecule has 1 aliphatic heterocycles. The van der Waals surface area contributed by atoms with Crippen LogP contribution in [0.5, 0.6) is 0 Å². The Morgan fingerprint density at radius 2 is 1.91 bits per heavy atom. The maximum absolute atomic E-state index is 12.1. The average molecular weight is 470 g/mol. The molecule has 184 valence electrons. The molecule has 0 bridgehead atoms. The van der Waals surface area contributed by atoms with Gasteiger partial charge in [0.05, 0.1) is 0 Å². The highest BCUT2D eigenvalue weighted by molar-refractivity contribution is 5.99. The number of amides is 1. The van der Waals surface area contributed by atoms with Crippen LogP contribution in [-0.4, -0.2) is 18.0 Å². The van der Waals surface area contributed by atoms with Gasteiger partial charge in [-0.05, 0) is 122 Å². The van der Waals surface area contributed by atoms with Gasteiger partial charge in [-0.25, -0.2) is 0 Å². The topological polar surface area (TPSA) is 67.1 Å². The lowest BCUT2D eigenvalue weighted by atomic mass is 9.87. The highest BCUT2D eigenvalue weighted by Crippen LogP contribution is 2.48. The van der Waals surface area contributed by atoms with E-state index in [1.807, 2.05) is 6.07 Å². The largest absolute Gasteiger partial charge is 0.348 e. The molecule has 0 radical (unpaired) electrons. The molecule has 3 aliphatic rings. The molecular weight excluding hydrogens is 430 g/mol. The van der Waals surface area contributed by atoms with Crippen LogP contribution in [0.15, 0.2) is 54.1 Å². The van der Waals surface area contributed by atoms with Crippen molar-refractivity contribution in [1.82, 2.24) is 10.6 Å². The van der Waals surface area contributed by atoms with Gasteiger partial charge in [0.1, 0.15) is 0 Å². The molecule has 35 heavy (non-hydrogen) atoms. The number of carbonyl (C=O) groups excluding carboxylic acids is 1. The van der Waals surface area contributed by atoms with E-state index in [-0.39, 0.29) is 11.4 Å². The van der Waals surface area contributed by atoms with Crippen molar-refractivity contribution < 1.29 is 4.79 Å². The van der Waals surface area contributed by atoms with Crippen molar-refractivity contribution in [2.45, 2.75) is 71.5 Å². The van der Waals surface area contributed by atoms with E-state index in [1.54, 1.807) is 5.57 Å². The number of hydrogen-bond donors (Lipinski definition) is 3. The number of fused-ring (bicyclic) bond motifs is 1. The highest BCUT2D eigenvalue weighted by atomic mass is 16.1. The van der Waals surface area contributed by atoms with Crippen molar-refractivity contribution in [2.75, 3.05) is 6.54 Å². The standard InChI is InChI=1S/C31H39N3O/c1-31(2,3)34-14-13-27-25(21-10-12-26-24(16-21)19-33-30(26)35)11-9-22(29(27)18-32)15-23-17-28(23)20-7-5-4-6-8-20/h5,7-12,16,23,28,34H,4,6,13-15,17-19,32H2,1-3H3,(H,33,35). The minimum Gasteiger partial charge on any atom is -0.348 e. The van der Waals surface area contributed by atoms with Crippen LogP contribution in [0.25, 0.3) is 11.1 Å². The summed E-state index contributed by atoms with van der Waals surface area (Å²) in [5.41, 5.74) is 16.4. The normalized spacial score (nSPS) is 21.0. The average Bonchev–Trinajstić information content (AvgIpc) is 3.52. The zero-order valence-electron chi connectivity index (χ0n) is 21.4. The van der Waals surface area contributed by atoms with Gasteiger partial charge in [-0.15, -0.1) is 0 Å². The fourth-order valence-corrected chi connectivity index (χ4v) is 5.78. The molecule has 2 aromatic rings. The summed E-state index contributed by atoms with van der Waals surface area (Å²) in [6.07, 6.45) is 12.8. The summed E-state index contributed by atoms with van der Waals surface area (Å²) in [5.74, 6) is 1.46. The molecule has 1 saturated carbocycles. The summed E-state index contributed by atoms with van der Waals surface area (Å²) in [6, 6.07) is 10.9. The lowest BCUT2D eigenvalue weighted by Gasteiger charge is -2.23. The van der Waals surface area contributed by atoms with E-state index in [9.17, 15) is 4.79 Å².